The summed E-state index contributed by atoms with van der Waals surface area (Å²) >= 11 is 11.9. The van der Waals surface area contributed by atoms with Gasteiger partial charge in [0, 0.05) is 11.8 Å². The SMILES string of the molecule is Cc1cccc(C[NH+]2CC[NH+](CC(=O)Nc3ncc(Cl)cc3Cl)CC2)c1. The van der Waals surface area contributed by atoms with Gasteiger partial charge in [0.1, 0.15) is 32.7 Å². The van der Waals surface area contributed by atoms with Gasteiger partial charge in [0.2, 0.25) is 0 Å². The monoisotopic (exact) mass is 394 g/mol. The van der Waals surface area contributed by atoms with Crippen LogP contribution in [-0.2, 0) is 11.3 Å². The minimum absolute atomic E-state index is 0.0705. The van der Waals surface area contributed by atoms with E-state index in [9.17, 15) is 4.79 Å². The predicted octanol–water partition coefficient (Wildman–Crippen LogP) is 0.619. The third-order valence-corrected chi connectivity index (χ3v) is 5.17. The molecule has 3 N–H and O–H groups in total. The highest BCUT2D eigenvalue weighted by molar-refractivity contribution is 6.36. The Balaban J connectivity index is 1.45. The van der Waals surface area contributed by atoms with Crippen LogP contribution in [-0.4, -0.2) is 43.6 Å². The molecular formula is C19H24Cl2N4O+2. The van der Waals surface area contributed by atoms with Crippen LogP contribution in [0, 0.1) is 6.92 Å². The standard InChI is InChI=1S/C19H22Cl2N4O/c1-14-3-2-4-15(9-14)12-24-5-7-25(8-6-24)13-18(26)23-19-17(21)10-16(20)11-22-19/h2-4,9-11H,5-8,12-13H2,1H3,(H,22,23,26)/p+2. The van der Waals surface area contributed by atoms with Crippen molar-refractivity contribution in [3.8, 4) is 0 Å². The molecule has 1 aliphatic heterocycles. The van der Waals surface area contributed by atoms with Gasteiger partial charge >= 0.3 is 0 Å². The first-order valence-corrected chi connectivity index (χ1v) is 9.59. The number of piperazine rings is 1. The molecular weight excluding hydrogens is 371 g/mol. The van der Waals surface area contributed by atoms with E-state index in [0.29, 0.717) is 22.4 Å². The molecule has 0 radical (unpaired) electrons. The maximum absolute atomic E-state index is 12.3. The predicted molar refractivity (Wildman–Crippen MR) is 104 cm³/mol. The quantitative estimate of drug-likeness (QED) is 0.696. The smallest absolute Gasteiger partial charge is 0.280 e. The van der Waals surface area contributed by atoms with Crippen LogP contribution in [0.1, 0.15) is 11.1 Å². The summed E-state index contributed by atoms with van der Waals surface area (Å²) in [6, 6.07) is 10.3. The van der Waals surface area contributed by atoms with Gasteiger partial charge in [-0.3, -0.25) is 4.79 Å². The number of amides is 1. The molecule has 0 atom stereocenters. The molecule has 1 aromatic carbocycles. The maximum Gasteiger partial charge on any atom is 0.280 e. The van der Waals surface area contributed by atoms with Crippen molar-refractivity contribution >= 4 is 34.9 Å². The lowest BCUT2D eigenvalue weighted by Gasteiger charge is -2.29. The van der Waals surface area contributed by atoms with Crippen LogP contribution in [0.15, 0.2) is 36.5 Å². The highest BCUT2D eigenvalue weighted by Gasteiger charge is 2.25. The number of carbonyl (C=O) groups is 1. The molecule has 1 amide bonds. The fourth-order valence-corrected chi connectivity index (χ4v) is 3.76. The summed E-state index contributed by atoms with van der Waals surface area (Å²) in [5, 5.41) is 3.58. The summed E-state index contributed by atoms with van der Waals surface area (Å²) < 4.78 is 0. The Morgan fingerprint density at radius 1 is 1.15 bits per heavy atom. The number of quaternary nitrogens is 2. The number of aromatic nitrogens is 1. The van der Waals surface area contributed by atoms with Crippen LogP contribution in [0.4, 0.5) is 5.82 Å². The second-order valence-electron chi connectivity index (χ2n) is 6.87. The molecule has 7 heteroatoms. The summed E-state index contributed by atoms with van der Waals surface area (Å²) in [7, 11) is 0. The van der Waals surface area contributed by atoms with Crippen LogP contribution in [0.5, 0.6) is 0 Å². The van der Waals surface area contributed by atoms with Crippen molar-refractivity contribution in [2.75, 3.05) is 38.0 Å². The Hall–Kier alpha value is -1.66. The van der Waals surface area contributed by atoms with Gasteiger partial charge in [0.15, 0.2) is 12.4 Å². The minimum atomic E-state index is -0.0705. The molecule has 2 aromatic rings. The van der Waals surface area contributed by atoms with Gasteiger partial charge in [-0.1, -0.05) is 53.0 Å². The molecule has 0 bridgehead atoms. The molecule has 0 spiro atoms. The number of pyridine rings is 1. The second kappa shape index (κ2) is 8.82. The van der Waals surface area contributed by atoms with Gasteiger partial charge in [-0.05, 0) is 13.0 Å². The fourth-order valence-electron chi connectivity index (χ4n) is 3.33. The molecule has 1 aliphatic rings. The highest BCUT2D eigenvalue weighted by atomic mass is 35.5. The fraction of sp³-hybridized carbons (Fsp3) is 0.368. The molecule has 3 rings (SSSR count). The minimum Gasteiger partial charge on any atom is -0.322 e. The van der Waals surface area contributed by atoms with E-state index in [2.05, 4.69) is 41.5 Å². The second-order valence-corrected chi connectivity index (χ2v) is 7.72. The van der Waals surface area contributed by atoms with Gasteiger partial charge in [0.25, 0.3) is 5.91 Å². The molecule has 1 saturated heterocycles. The van der Waals surface area contributed by atoms with Gasteiger partial charge in [-0.15, -0.1) is 0 Å². The number of aryl methyl sites for hydroxylation is 1. The van der Waals surface area contributed by atoms with E-state index in [1.165, 1.54) is 22.2 Å². The molecule has 2 heterocycles. The van der Waals surface area contributed by atoms with Gasteiger partial charge in [0.05, 0.1) is 10.0 Å². The van der Waals surface area contributed by atoms with Crippen molar-refractivity contribution in [3.63, 3.8) is 0 Å². The largest absolute Gasteiger partial charge is 0.322 e. The number of nitrogens with zero attached hydrogens (tertiary/aromatic N) is 1. The number of nitrogens with one attached hydrogen (secondary N) is 3. The van der Waals surface area contributed by atoms with Crippen LogP contribution >= 0.6 is 23.2 Å². The van der Waals surface area contributed by atoms with Crippen molar-refractivity contribution in [1.29, 1.82) is 0 Å². The Labute approximate surface area is 163 Å². The molecule has 0 unspecified atom stereocenters. The highest BCUT2D eigenvalue weighted by Crippen LogP contribution is 2.22. The third-order valence-electron chi connectivity index (χ3n) is 4.68. The lowest BCUT2D eigenvalue weighted by atomic mass is 10.1. The first-order valence-electron chi connectivity index (χ1n) is 8.83. The molecule has 138 valence electrons. The first-order chi connectivity index (χ1) is 12.5. The summed E-state index contributed by atoms with van der Waals surface area (Å²) in [6.45, 7) is 7.70. The summed E-state index contributed by atoms with van der Waals surface area (Å²) in [4.78, 5) is 19.2. The van der Waals surface area contributed by atoms with Crippen molar-refractivity contribution in [1.82, 2.24) is 4.98 Å². The Bertz CT molecular complexity index is 776. The first kappa shape index (κ1) is 19.1. The number of rotatable bonds is 5. The van der Waals surface area contributed by atoms with E-state index < -0.39 is 0 Å². The lowest BCUT2D eigenvalue weighted by Crippen LogP contribution is -3.28. The average molecular weight is 395 g/mol. The Kier molecular flexibility index (Phi) is 6.48. The van der Waals surface area contributed by atoms with Gasteiger partial charge < -0.3 is 15.1 Å². The van der Waals surface area contributed by atoms with Crippen LogP contribution in [0.25, 0.3) is 0 Å². The van der Waals surface area contributed by atoms with Crippen molar-refractivity contribution < 1.29 is 14.6 Å². The maximum atomic E-state index is 12.3. The number of anilines is 1. The van der Waals surface area contributed by atoms with Gasteiger partial charge in [-0.25, -0.2) is 4.98 Å². The van der Waals surface area contributed by atoms with Crippen LogP contribution in [0.2, 0.25) is 10.0 Å². The van der Waals surface area contributed by atoms with Crippen molar-refractivity contribution in [2.45, 2.75) is 13.5 Å². The molecule has 5 nitrogen and oxygen atoms in total. The summed E-state index contributed by atoms with van der Waals surface area (Å²) in [6.07, 6.45) is 1.48. The normalized spacial score (nSPS) is 20.0. The van der Waals surface area contributed by atoms with E-state index in [4.69, 9.17) is 23.2 Å². The van der Waals surface area contributed by atoms with E-state index in [0.717, 1.165) is 32.7 Å². The van der Waals surface area contributed by atoms with Crippen molar-refractivity contribution in [2.24, 2.45) is 0 Å². The van der Waals surface area contributed by atoms with Crippen LogP contribution in [0.3, 0.4) is 0 Å². The Morgan fingerprint density at radius 3 is 2.58 bits per heavy atom. The third kappa shape index (κ3) is 5.42. The van der Waals surface area contributed by atoms with E-state index in [1.54, 1.807) is 11.0 Å². The van der Waals surface area contributed by atoms with E-state index in [1.807, 2.05) is 0 Å². The van der Waals surface area contributed by atoms with Crippen molar-refractivity contribution in [3.05, 3.63) is 57.7 Å². The molecule has 26 heavy (non-hydrogen) atoms. The number of halogens is 2. The lowest BCUT2D eigenvalue weighted by molar-refractivity contribution is -1.02. The number of carbonyl (C=O) groups excluding carboxylic acids is 1. The molecule has 1 aromatic heterocycles. The number of benzene rings is 1. The van der Waals surface area contributed by atoms with E-state index in [-0.39, 0.29) is 5.91 Å². The zero-order valence-corrected chi connectivity index (χ0v) is 16.3. The van der Waals surface area contributed by atoms with Crippen LogP contribution < -0.4 is 15.1 Å². The summed E-state index contributed by atoms with van der Waals surface area (Å²) in [5.41, 5.74) is 2.68. The van der Waals surface area contributed by atoms with Gasteiger partial charge in [-0.2, -0.15) is 0 Å². The number of hydrogen-bond acceptors (Lipinski definition) is 2. The number of hydrogen-bond donors (Lipinski definition) is 3. The topological polar surface area (TPSA) is 50.9 Å². The molecule has 0 saturated carbocycles. The Morgan fingerprint density at radius 2 is 1.88 bits per heavy atom. The zero-order chi connectivity index (χ0) is 18.5. The zero-order valence-electron chi connectivity index (χ0n) is 14.8. The summed E-state index contributed by atoms with van der Waals surface area (Å²) in [5.74, 6) is 0.294. The molecule has 1 fully saturated rings. The van der Waals surface area contributed by atoms with E-state index >= 15 is 0 Å². The molecule has 0 aliphatic carbocycles. The average Bonchev–Trinajstić information content (AvgIpc) is 2.59.